The normalized spacial score (nSPS) is 21.9. The second kappa shape index (κ2) is 7.16. The van der Waals surface area contributed by atoms with Crippen LogP contribution in [0.2, 0.25) is 0 Å². The van der Waals surface area contributed by atoms with Crippen LogP contribution in [0.3, 0.4) is 0 Å². The molecule has 7 nitrogen and oxygen atoms in total. The number of benzene rings is 1. The highest BCUT2D eigenvalue weighted by molar-refractivity contribution is 5.95. The van der Waals surface area contributed by atoms with E-state index in [9.17, 15) is 0 Å². The smallest absolute Gasteiger partial charge is 0.224 e. The number of rotatable bonds is 4. The van der Waals surface area contributed by atoms with E-state index >= 15 is 0 Å². The lowest BCUT2D eigenvalue weighted by molar-refractivity contribution is 0.0681. The Morgan fingerprint density at radius 2 is 1.96 bits per heavy atom. The minimum Gasteiger partial charge on any atom is -0.381 e. The second-order valence-corrected chi connectivity index (χ2v) is 7.15. The summed E-state index contributed by atoms with van der Waals surface area (Å²) in [6.07, 6.45) is 9.94. The molecule has 1 aliphatic rings. The first-order chi connectivity index (χ1) is 14.9. The molecule has 4 aromatic rings. The van der Waals surface area contributed by atoms with Crippen molar-refractivity contribution in [3.05, 3.63) is 43.0 Å². The molecule has 28 heavy (non-hydrogen) atoms. The van der Waals surface area contributed by atoms with Crippen molar-refractivity contribution >= 4 is 28.0 Å². The fourth-order valence-electron chi connectivity index (χ4n) is 3.85. The molecule has 142 valence electrons. The molecule has 0 unspecified atom stereocenters. The highest BCUT2D eigenvalue weighted by Gasteiger charge is 2.21. The van der Waals surface area contributed by atoms with Crippen molar-refractivity contribution in [2.45, 2.75) is 37.8 Å². The van der Waals surface area contributed by atoms with Gasteiger partial charge >= 0.3 is 0 Å². The lowest BCUT2D eigenvalue weighted by Gasteiger charge is -2.28. The molecule has 0 atom stereocenters. The van der Waals surface area contributed by atoms with E-state index in [0.29, 0.717) is 18.8 Å². The molecule has 0 bridgehead atoms. The Balaban J connectivity index is 1.30. The van der Waals surface area contributed by atoms with Gasteiger partial charge in [-0.05, 0) is 43.4 Å². The van der Waals surface area contributed by atoms with Crippen LogP contribution in [-0.2, 0) is 4.74 Å². The Hall–Kier alpha value is -3.06. The third kappa shape index (κ3) is 3.18. The van der Waals surface area contributed by atoms with Gasteiger partial charge in [0.05, 0.1) is 21.2 Å². The summed E-state index contributed by atoms with van der Waals surface area (Å²) >= 11 is 0. The molecule has 1 saturated carbocycles. The van der Waals surface area contributed by atoms with Gasteiger partial charge in [-0.1, -0.05) is 6.07 Å². The number of anilines is 1. The summed E-state index contributed by atoms with van der Waals surface area (Å²) < 4.78 is 26.9. The molecule has 1 fully saturated rings. The van der Waals surface area contributed by atoms with Gasteiger partial charge in [0.15, 0.2) is 0 Å². The summed E-state index contributed by atoms with van der Waals surface area (Å²) in [7, 11) is -2.33. The third-order valence-electron chi connectivity index (χ3n) is 5.39. The monoisotopic (exact) mass is 377 g/mol. The van der Waals surface area contributed by atoms with Crippen molar-refractivity contribution in [1.82, 2.24) is 24.9 Å². The fourth-order valence-corrected chi connectivity index (χ4v) is 3.85. The van der Waals surface area contributed by atoms with Crippen molar-refractivity contribution in [3.8, 4) is 11.1 Å². The lowest BCUT2D eigenvalue weighted by Crippen LogP contribution is -2.29. The predicted octanol–water partition coefficient (Wildman–Crippen LogP) is 3.94. The summed E-state index contributed by atoms with van der Waals surface area (Å²) in [4.78, 5) is 21.1. The molecule has 1 aliphatic carbocycles. The fraction of sp³-hybridized carbons (Fsp3) is 0.333. The van der Waals surface area contributed by atoms with Crippen molar-refractivity contribution in [3.63, 3.8) is 0 Å². The molecular formula is C21H22N6O. The number of hydrogen-bond acceptors (Lipinski definition) is 6. The highest BCUT2D eigenvalue weighted by atomic mass is 16.5. The zero-order valence-electron chi connectivity index (χ0n) is 18.2. The molecule has 0 radical (unpaired) electrons. The van der Waals surface area contributed by atoms with Gasteiger partial charge in [0, 0.05) is 48.8 Å². The maximum Gasteiger partial charge on any atom is 0.224 e. The van der Waals surface area contributed by atoms with Gasteiger partial charge in [-0.15, -0.1) is 0 Å². The van der Waals surface area contributed by atoms with E-state index in [-0.39, 0.29) is 12.1 Å². The van der Waals surface area contributed by atoms with Gasteiger partial charge in [-0.25, -0.2) is 4.98 Å². The average Bonchev–Trinajstić information content (AvgIpc) is 3.17. The van der Waals surface area contributed by atoms with Crippen molar-refractivity contribution < 1.29 is 8.85 Å². The lowest BCUT2D eigenvalue weighted by atomic mass is 9.93. The van der Waals surface area contributed by atoms with Gasteiger partial charge in [-0.3, -0.25) is 9.97 Å². The van der Waals surface area contributed by atoms with E-state index in [0.717, 1.165) is 46.0 Å². The van der Waals surface area contributed by atoms with Crippen LogP contribution in [0, 0.1) is 0 Å². The van der Waals surface area contributed by atoms with E-state index in [1.807, 2.05) is 30.6 Å². The first kappa shape index (κ1) is 14.0. The molecule has 0 spiro atoms. The summed E-state index contributed by atoms with van der Waals surface area (Å²) in [5, 5.41) is 4.31. The van der Waals surface area contributed by atoms with E-state index in [2.05, 4.69) is 30.2 Å². The largest absolute Gasteiger partial charge is 0.381 e. The Labute approximate surface area is 166 Å². The van der Waals surface area contributed by atoms with Crippen LogP contribution in [-0.4, -0.2) is 44.1 Å². The van der Waals surface area contributed by atoms with Gasteiger partial charge in [0.1, 0.15) is 5.65 Å². The number of aromatic nitrogens is 5. The maximum atomic E-state index is 7.24. The van der Waals surface area contributed by atoms with Gasteiger partial charge in [-0.2, -0.15) is 4.98 Å². The standard InChI is InChI=1S/C21H22N6O/c1-28-15-5-3-14(4-6-15)26-21-25-12-17-16(11-24-20(17)27-21)13-2-7-18-19(10-13)23-9-8-22-18/h2,7-12,14-15H,3-6H2,1H3,(H2,24,25,26,27)/t14-,15+/i1D3. The molecular weight excluding hydrogens is 352 g/mol. The molecule has 7 heteroatoms. The number of nitrogens with one attached hydrogen (secondary N) is 2. The topological polar surface area (TPSA) is 88.6 Å². The number of fused-ring (bicyclic) bond motifs is 2. The van der Waals surface area contributed by atoms with Crippen molar-refractivity contribution in [2.75, 3.05) is 12.4 Å². The number of nitrogens with zero attached hydrogens (tertiary/aromatic N) is 4. The molecule has 0 saturated heterocycles. The van der Waals surface area contributed by atoms with E-state index in [1.54, 1.807) is 12.4 Å². The maximum absolute atomic E-state index is 7.24. The number of H-pyrrole nitrogens is 1. The summed E-state index contributed by atoms with van der Waals surface area (Å²) in [6, 6.07) is 6.18. The molecule has 2 N–H and O–H groups in total. The number of methoxy groups -OCH3 is 1. The molecule has 3 heterocycles. The quantitative estimate of drug-likeness (QED) is 0.560. The Bertz CT molecular complexity index is 1220. The van der Waals surface area contributed by atoms with E-state index in [1.165, 1.54) is 0 Å². The molecule has 3 aromatic heterocycles. The predicted molar refractivity (Wildman–Crippen MR) is 109 cm³/mol. The summed E-state index contributed by atoms with van der Waals surface area (Å²) in [6.45, 7) is 0. The average molecular weight is 377 g/mol. The number of aromatic amines is 1. The summed E-state index contributed by atoms with van der Waals surface area (Å²) in [5.74, 6) is 0.561. The van der Waals surface area contributed by atoms with Crippen LogP contribution >= 0.6 is 0 Å². The first-order valence-corrected chi connectivity index (χ1v) is 9.44. The molecule has 5 rings (SSSR count). The molecule has 0 aliphatic heterocycles. The Kier molecular flexibility index (Phi) is 3.58. The zero-order chi connectivity index (χ0) is 21.4. The minimum atomic E-state index is -2.33. The van der Waals surface area contributed by atoms with Crippen LogP contribution in [0.15, 0.2) is 43.0 Å². The Morgan fingerprint density at radius 3 is 2.82 bits per heavy atom. The van der Waals surface area contributed by atoms with Crippen LogP contribution in [0.5, 0.6) is 0 Å². The number of hydrogen-bond donors (Lipinski definition) is 2. The van der Waals surface area contributed by atoms with Crippen LogP contribution in [0.25, 0.3) is 33.2 Å². The number of ether oxygens (including phenoxy) is 1. The van der Waals surface area contributed by atoms with Crippen molar-refractivity contribution in [2.24, 2.45) is 0 Å². The van der Waals surface area contributed by atoms with Crippen molar-refractivity contribution in [1.29, 1.82) is 0 Å². The zero-order valence-corrected chi connectivity index (χ0v) is 15.2. The van der Waals surface area contributed by atoms with E-state index < -0.39 is 7.04 Å². The minimum absolute atomic E-state index is 0.197. The van der Waals surface area contributed by atoms with Crippen LogP contribution in [0.4, 0.5) is 5.95 Å². The van der Waals surface area contributed by atoms with Crippen LogP contribution < -0.4 is 5.32 Å². The van der Waals surface area contributed by atoms with Gasteiger partial charge < -0.3 is 15.0 Å². The second-order valence-electron chi connectivity index (χ2n) is 7.15. The molecule has 1 aromatic carbocycles. The molecule has 0 amide bonds. The summed E-state index contributed by atoms with van der Waals surface area (Å²) in [5.41, 5.74) is 4.48. The van der Waals surface area contributed by atoms with E-state index in [4.69, 9.17) is 8.85 Å². The SMILES string of the molecule is [2H]C([2H])([2H])O[C@H]1CC[C@@H](Nc2ncc3c(-c4ccc5nccnc5c4)c[nH]c3n2)CC1. The van der Waals surface area contributed by atoms with Gasteiger partial charge in [0.25, 0.3) is 0 Å². The first-order valence-electron chi connectivity index (χ1n) is 10.9. The Morgan fingerprint density at radius 1 is 1.11 bits per heavy atom. The van der Waals surface area contributed by atoms with Gasteiger partial charge in [0.2, 0.25) is 5.95 Å². The highest BCUT2D eigenvalue weighted by Crippen LogP contribution is 2.30. The van der Waals surface area contributed by atoms with Crippen LogP contribution in [0.1, 0.15) is 29.8 Å². The third-order valence-corrected chi connectivity index (χ3v) is 5.39.